The molecular formula is C17H17NO3S. The highest BCUT2D eigenvalue weighted by molar-refractivity contribution is 7.92. The molecule has 2 aromatic rings. The van der Waals surface area contributed by atoms with E-state index in [0.29, 0.717) is 18.7 Å². The molecule has 5 heteroatoms. The Morgan fingerprint density at radius 3 is 2.50 bits per heavy atom. The van der Waals surface area contributed by atoms with E-state index in [2.05, 4.69) is 0 Å². The van der Waals surface area contributed by atoms with Gasteiger partial charge in [0.25, 0.3) is 10.0 Å². The van der Waals surface area contributed by atoms with Crippen molar-refractivity contribution in [3.05, 3.63) is 59.7 Å². The smallest absolute Gasteiger partial charge is 0.264 e. The van der Waals surface area contributed by atoms with Crippen molar-refractivity contribution in [2.75, 3.05) is 10.8 Å². The molecule has 114 valence electrons. The van der Waals surface area contributed by atoms with E-state index in [-0.39, 0.29) is 10.8 Å². The number of rotatable bonds is 4. The fourth-order valence-electron chi connectivity index (χ4n) is 2.84. The summed E-state index contributed by atoms with van der Waals surface area (Å²) in [6.07, 6.45) is 1.18. The average molecular weight is 315 g/mol. The summed E-state index contributed by atoms with van der Waals surface area (Å²) in [5.41, 5.74) is 2.61. The van der Waals surface area contributed by atoms with E-state index in [1.807, 2.05) is 25.1 Å². The lowest BCUT2D eigenvalue weighted by atomic mass is 9.99. The predicted molar refractivity (Wildman–Crippen MR) is 85.6 cm³/mol. The maximum Gasteiger partial charge on any atom is 0.264 e. The first-order valence-corrected chi connectivity index (χ1v) is 8.60. The van der Waals surface area contributed by atoms with Gasteiger partial charge in [0.15, 0.2) is 0 Å². The zero-order chi connectivity index (χ0) is 15.7. The van der Waals surface area contributed by atoms with Crippen molar-refractivity contribution in [3.63, 3.8) is 0 Å². The van der Waals surface area contributed by atoms with Crippen LogP contribution in [0.2, 0.25) is 0 Å². The molecule has 0 amide bonds. The molecule has 1 aliphatic rings. The normalized spacial score (nSPS) is 17.3. The van der Waals surface area contributed by atoms with Gasteiger partial charge in [-0.05, 0) is 30.7 Å². The second kappa shape index (κ2) is 5.57. The molecule has 0 saturated carbocycles. The number of hydrogen-bond acceptors (Lipinski definition) is 3. The highest BCUT2D eigenvalue weighted by Gasteiger charge is 2.35. The van der Waals surface area contributed by atoms with Crippen LogP contribution >= 0.6 is 0 Å². The summed E-state index contributed by atoms with van der Waals surface area (Å²) in [5, 5.41) is 0. The van der Waals surface area contributed by atoms with Gasteiger partial charge in [-0.25, -0.2) is 8.42 Å². The molecule has 0 saturated heterocycles. The molecule has 2 aromatic carbocycles. The second-order valence-electron chi connectivity index (χ2n) is 5.51. The van der Waals surface area contributed by atoms with Gasteiger partial charge in [-0.2, -0.15) is 0 Å². The molecule has 3 rings (SSSR count). The Hall–Kier alpha value is -2.14. The lowest BCUT2D eigenvalue weighted by molar-refractivity contribution is -0.108. The third kappa shape index (κ3) is 2.41. The molecule has 0 N–H and O–H groups in total. The van der Waals surface area contributed by atoms with Gasteiger partial charge in [0.05, 0.1) is 10.6 Å². The van der Waals surface area contributed by atoms with E-state index in [1.54, 1.807) is 30.3 Å². The zero-order valence-electron chi connectivity index (χ0n) is 12.3. The van der Waals surface area contributed by atoms with Crippen LogP contribution in [0.1, 0.15) is 23.5 Å². The van der Waals surface area contributed by atoms with Gasteiger partial charge in [-0.1, -0.05) is 35.9 Å². The van der Waals surface area contributed by atoms with Gasteiger partial charge >= 0.3 is 0 Å². The van der Waals surface area contributed by atoms with Crippen molar-refractivity contribution in [1.82, 2.24) is 0 Å². The van der Waals surface area contributed by atoms with Gasteiger partial charge in [0.2, 0.25) is 0 Å². The topological polar surface area (TPSA) is 54.5 Å². The SMILES string of the molecule is Cc1ccc(S(=O)(=O)N2CC(CC=O)c3ccccc32)cc1. The van der Waals surface area contributed by atoms with E-state index in [0.717, 1.165) is 17.4 Å². The number of para-hydroxylation sites is 1. The van der Waals surface area contributed by atoms with Crippen LogP contribution in [0.15, 0.2) is 53.4 Å². The Bertz CT molecular complexity index is 797. The van der Waals surface area contributed by atoms with Gasteiger partial charge < -0.3 is 4.79 Å². The standard InChI is InChI=1S/C17H17NO3S/c1-13-6-8-15(9-7-13)22(20,21)18-12-14(10-11-19)16-4-2-3-5-17(16)18/h2-9,11,14H,10,12H2,1H3. The third-order valence-corrected chi connectivity index (χ3v) is 5.82. The maximum atomic E-state index is 12.9. The Morgan fingerprint density at radius 1 is 1.14 bits per heavy atom. The summed E-state index contributed by atoms with van der Waals surface area (Å²) in [6, 6.07) is 14.2. The van der Waals surface area contributed by atoms with Crippen LogP contribution < -0.4 is 4.31 Å². The quantitative estimate of drug-likeness (QED) is 0.815. The van der Waals surface area contributed by atoms with Crippen molar-refractivity contribution < 1.29 is 13.2 Å². The van der Waals surface area contributed by atoms with E-state index in [4.69, 9.17) is 0 Å². The molecule has 4 nitrogen and oxygen atoms in total. The molecule has 1 aliphatic heterocycles. The average Bonchev–Trinajstić information content (AvgIpc) is 2.88. The van der Waals surface area contributed by atoms with Gasteiger partial charge in [0, 0.05) is 18.9 Å². The molecule has 0 aliphatic carbocycles. The van der Waals surface area contributed by atoms with Gasteiger partial charge in [-0.15, -0.1) is 0 Å². The van der Waals surface area contributed by atoms with Crippen LogP contribution in [0.25, 0.3) is 0 Å². The van der Waals surface area contributed by atoms with E-state index in [1.165, 1.54) is 4.31 Å². The van der Waals surface area contributed by atoms with Crippen molar-refractivity contribution in [2.45, 2.75) is 24.2 Å². The third-order valence-electron chi connectivity index (χ3n) is 4.02. The van der Waals surface area contributed by atoms with Crippen LogP contribution in [-0.2, 0) is 14.8 Å². The number of aryl methyl sites for hydroxylation is 1. The molecule has 0 bridgehead atoms. The molecular weight excluding hydrogens is 298 g/mol. The number of hydrogen-bond donors (Lipinski definition) is 0. The minimum atomic E-state index is -3.60. The second-order valence-corrected chi connectivity index (χ2v) is 7.37. The molecule has 22 heavy (non-hydrogen) atoms. The van der Waals surface area contributed by atoms with Crippen LogP contribution in [0.3, 0.4) is 0 Å². The number of nitrogens with zero attached hydrogens (tertiary/aromatic N) is 1. The van der Waals surface area contributed by atoms with E-state index < -0.39 is 10.0 Å². The molecule has 0 radical (unpaired) electrons. The lowest BCUT2D eigenvalue weighted by Gasteiger charge is -2.20. The monoisotopic (exact) mass is 315 g/mol. The summed E-state index contributed by atoms with van der Waals surface area (Å²) in [4.78, 5) is 11.1. The first-order chi connectivity index (χ1) is 10.5. The number of benzene rings is 2. The number of sulfonamides is 1. The molecule has 1 heterocycles. The fraction of sp³-hybridized carbons (Fsp3) is 0.235. The summed E-state index contributed by atoms with van der Waals surface area (Å²) in [7, 11) is -3.60. The Balaban J connectivity index is 2.05. The number of carbonyl (C=O) groups is 1. The fourth-order valence-corrected chi connectivity index (χ4v) is 4.38. The first kappa shape index (κ1) is 14.8. The first-order valence-electron chi connectivity index (χ1n) is 7.16. The minimum absolute atomic E-state index is 0.0751. The van der Waals surface area contributed by atoms with Crippen LogP contribution in [0, 0.1) is 6.92 Å². The molecule has 0 spiro atoms. The molecule has 0 fully saturated rings. The van der Waals surface area contributed by atoms with Crippen molar-refractivity contribution >= 4 is 22.0 Å². The summed E-state index contributed by atoms with van der Waals surface area (Å²) < 4.78 is 27.2. The minimum Gasteiger partial charge on any atom is -0.303 e. The number of anilines is 1. The van der Waals surface area contributed by atoms with Crippen molar-refractivity contribution in [2.24, 2.45) is 0 Å². The van der Waals surface area contributed by atoms with Crippen LogP contribution in [0.4, 0.5) is 5.69 Å². The van der Waals surface area contributed by atoms with Gasteiger partial charge in [-0.3, -0.25) is 4.31 Å². The largest absolute Gasteiger partial charge is 0.303 e. The van der Waals surface area contributed by atoms with Crippen LogP contribution in [0.5, 0.6) is 0 Å². The molecule has 1 unspecified atom stereocenters. The highest BCUT2D eigenvalue weighted by atomic mass is 32.2. The number of fused-ring (bicyclic) bond motifs is 1. The maximum absolute atomic E-state index is 12.9. The van der Waals surface area contributed by atoms with E-state index >= 15 is 0 Å². The lowest BCUT2D eigenvalue weighted by Crippen LogP contribution is -2.30. The van der Waals surface area contributed by atoms with Crippen LogP contribution in [-0.4, -0.2) is 21.2 Å². The zero-order valence-corrected chi connectivity index (χ0v) is 13.1. The Morgan fingerprint density at radius 2 is 1.82 bits per heavy atom. The highest BCUT2D eigenvalue weighted by Crippen LogP contribution is 2.40. The van der Waals surface area contributed by atoms with Crippen molar-refractivity contribution in [1.29, 1.82) is 0 Å². The summed E-state index contributed by atoms with van der Waals surface area (Å²) >= 11 is 0. The van der Waals surface area contributed by atoms with Crippen molar-refractivity contribution in [3.8, 4) is 0 Å². The van der Waals surface area contributed by atoms with E-state index in [9.17, 15) is 13.2 Å². The van der Waals surface area contributed by atoms with Gasteiger partial charge in [0.1, 0.15) is 6.29 Å². The number of carbonyl (C=O) groups excluding carboxylic acids is 1. The summed E-state index contributed by atoms with van der Waals surface area (Å²) in [6.45, 7) is 2.23. The summed E-state index contributed by atoms with van der Waals surface area (Å²) in [5.74, 6) is -0.0751. The number of aldehydes is 1. The predicted octanol–water partition coefficient (Wildman–Crippen LogP) is 2.88. The Labute approximate surface area is 130 Å². The molecule has 1 atom stereocenters. The molecule has 0 aromatic heterocycles. The Kier molecular flexibility index (Phi) is 3.74.